The zero-order chi connectivity index (χ0) is 14.4. The molecule has 2 nitrogen and oxygen atoms in total. The van der Waals surface area contributed by atoms with Crippen LogP contribution in [-0.2, 0) is 13.0 Å². The molecule has 2 rings (SSSR count). The van der Waals surface area contributed by atoms with Gasteiger partial charge in [0.25, 0.3) is 0 Å². The van der Waals surface area contributed by atoms with E-state index in [0.717, 1.165) is 23.3 Å². The van der Waals surface area contributed by atoms with E-state index in [2.05, 4.69) is 31.2 Å². The van der Waals surface area contributed by atoms with E-state index in [4.69, 9.17) is 4.74 Å². The van der Waals surface area contributed by atoms with Crippen molar-refractivity contribution in [3.05, 3.63) is 65.2 Å². The molecule has 1 N–H and O–H groups in total. The summed E-state index contributed by atoms with van der Waals surface area (Å²) >= 11 is 0. The molecule has 0 aromatic heterocycles. The van der Waals surface area contributed by atoms with Gasteiger partial charge in [0, 0.05) is 5.56 Å². The Labute approximate surface area is 121 Å². The first-order chi connectivity index (χ1) is 9.74. The molecule has 0 saturated carbocycles. The molecule has 0 amide bonds. The Hall–Kier alpha value is -1.80. The molecule has 20 heavy (non-hydrogen) atoms. The van der Waals surface area contributed by atoms with Crippen molar-refractivity contribution >= 4 is 0 Å². The van der Waals surface area contributed by atoms with E-state index >= 15 is 0 Å². The van der Waals surface area contributed by atoms with Crippen LogP contribution < -0.4 is 4.74 Å². The Morgan fingerprint density at radius 1 is 0.950 bits per heavy atom. The average molecular weight is 270 g/mol. The SMILES string of the molecule is CCc1ccc(COc2ccccc2[C@@H](O)CC)cc1. The maximum Gasteiger partial charge on any atom is 0.125 e. The number of ether oxygens (including phenoxy) is 1. The van der Waals surface area contributed by atoms with Gasteiger partial charge in [-0.25, -0.2) is 0 Å². The summed E-state index contributed by atoms with van der Waals surface area (Å²) in [5.41, 5.74) is 3.33. The van der Waals surface area contributed by atoms with Crippen molar-refractivity contribution in [2.75, 3.05) is 0 Å². The Morgan fingerprint density at radius 3 is 2.25 bits per heavy atom. The first-order valence-electron chi connectivity index (χ1n) is 7.22. The van der Waals surface area contributed by atoms with Gasteiger partial charge in [-0.05, 0) is 30.0 Å². The second kappa shape index (κ2) is 7.11. The summed E-state index contributed by atoms with van der Waals surface area (Å²) in [7, 11) is 0. The van der Waals surface area contributed by atoms with Gasteiger partial charge in [-0.2, -0.15) is 0 Å². The van der Waals surface area contributed by atoms with E-state index in [9.17, 15) is 5.11 Å². The van der Waals surface area contributed by atoms with Crippen LogP contribution in [0.1, 0.15) is 43.1 Å². The smallest absolute Gasteiger partial charge is 0.125 e. The number of rotatable bonds is 6. The summed E-state index contributed by atoms with van der Waals surface area (Å²) < 4.78 is 5.86. The van der Waals surface area contributed by atoms with Gasteiger partial charge in [-0.3, -0.25) is 0 Å². The van der Waals surface area contributed by atoms with Gasteiger partial charge in [0.2, 0.25) is 0 Å². The summed E-state index contributed by atoms with van der Waals surface area (Å²) in [5.74, 6) is 0.765. The maximum absolute atomic E-state index is 10.00. The first kappa shape index (κ1) is 14.6. The number of hydrogen-bond donors (Lipinski definition) is 1. The standard InChI is InChI=1S/C18H22O2/c1-3-14-9-11-15(12-10-14)13-20-18-8-6-5-7-16(18)17(19)4-2/h5-12,17,19H,3-4,13H2,1-2H3/t17-/m0/s1. The third-order valence-electron chi connectivity index (χ3n) is 3.49. The molecule has 2 aromatic carbocycles. The topological polar surface area (TPSA) is 29.5 Å². The Bertz CT molecular complexity index is 531. The van der Waals surface area contributed by atoms with Crippen LogP contribution in [-0.4, -0.2) is 5.11 Å². The van der Waals surface area contributed by atoms with Gasteiger partial charge in [-0.15, -0.1) is 0 Å². The average Bonchev–Trinajstić information content (AvgIpc) is 2.53. The minimum Gasteiger partial charge on any atom is -0.489 e. The fraction of sp³-hybridized carbons (Fsp3) is 0.333. The van der Waals surface area contributed by atoms with Gasteiger partial charge >= 0.3 is 0 Å². The minimum atomic E-state index is -0.464. The van der Waals surface area contributed by atoms with Gasteiger partial charge in [0.1, 0.15) is 12.4 Å². The lowest BCUT2D eigenvalue weighted by molar-refractivity contribution is 0.166. The Balaban J connectivity index is 2.06. The van der Waals surface area contributed by atoms with Crippen LogP contribution in [0, 0.1) is 0 Å². The predicted octanol–water partition coefficient (Wildman–Crippen LogP) is 4.27. The van der Waals surface area contributed by atoms with E-state index < -0.39 is 6.10 Å². The highest BCUT2D eigenvalue weighted by atomic mass is 16.5. The summed E-state index contributed by atoms with van der Waals surface area (Å²) in [4.78, 5) is 0. The second-order valence-corrected chi connectivity index (χ2v) is 4.92. The normalized spacial score (nSPS) is 12.2. The molecule has 0 aliphatic carbocycles. The number of hydrogen-bond acceptors (Lipinski definition) is 2. The number of benzene rings is 2. The number of para-hydroxylation sites is 1. The molecule has 0 radical (unpaired) electrons. The molecule has 2 heteroatoms. The largest absolute Gasteiger partial charge is 0.489 e. The van der Waals surface area contributed by atoms with Crippen LogP contribution in [0.5, 0.6) is 5.75 Å². The molecule has 0 fully saturated rings. The summed E-state index contributed by atoms with van der Waals surface area (Å²) in [6.45, 7) is 4.64. The fourth-order valence-electron chi connectivity index (χ4n) is 2.14. The van der Waals surface area contributed by atoms with Crippen molar-refractivity contribution in [3.8, 4) is 5.75 Å². The minimum absolute atomic E-state index is 0.464. The number of aliphatic hydroxyl groups is 1. The number of aryl methyl sites for hydroxylation is 1. The molecule has 0 heterocycles. The fourth-order valence-corrected chi connectivity index (χ4v) is 2.14. The molecule has 0 spiro atoms. The molecule has 0 aliphatic rings. The van der Waals surface area contributed by atoms with Gasteiger partial charge in [-0.1, -0.05) is 56.3 Å². The summed E-state index contributed by atoms with van der Waals surface area (Å²) in [6, 6.07) is 16.1. The van der Waals surface area contributed by atoms with Crippen LogP contribution in [0.4, 0.5) is 0 Å². The lowest BCUT2D eigenvalue weighted by Crippen LogP contribution is -2.02. The van der Waals surface area contributed by atoms with Crippen molar-refractivity contribution in [1.82, 2.24) is 0 Å². The van der Waals surface area contributed by atoms with E-state index in [0.29, 0.717) is 13.0 Å². The van der Waals surface area contributed by atoms with E-state index in [1.807, 2.05) is 31.2 Å². The molecule has 0 unspecified atom stereocenters. The van der Waals surface area contributed by atoms with Gasteiger partial charge in [0.15, 0.2) is 0 Å². The van der Waals surface area contributed by atoms with Crippen molar-refractivity contribution in [2.24, 2.45) is 0 Å². The predicted molar refractivity (Wildman–Crippen MR) is 81.8 cm³/mol. The number of aliphatic hydroxyl groups excluding tert-OH is 1. The summed E-state index contributed by atoms with van der Waals surface area (Å²) in [5, 5.41) is 10.00. The monoisotopic (exact) mass is 270 g/mol. The highest BCUT2D eigenvalue weighted by molar-refractivity contribution is 5.35. The second-order valence-electron chi connectivity index (χ2n) is 4.92. The van der Waals surface area contributed by atoms with Crippen LogP contribution in [0.2, 0.25) is 0 Å². The highest BCUT2D eigenvalue weighted by Crippen LogP contribution is 2.27. The van der Waals surface area contributed by atoms with Gasteiger partial charge < -0.3 is 9.84 Å². The van der Waals surface area contributed by atoms with Crippen LogP contribution in [0.3, 0.4) is 0 Å². The van der Waals surface area contributed by atoms with E-state index in [1.54, 1.807) is 0 Å². The van der Waals surface area contributed by atoms with E-state index in [1.165, 1.54) is 5.56 Å². The first-order valence-corrected chi connectivity index (χ1v) is 7.22. The zero-order valence-electron chi connectivity index (χ0n) is 12.2. The maximum atomic E-state index is 10.00. The van der Waals surface area contributed by atoms with E-state index in [-0.39, 0.29) is 0 Å². The van der Waals surface area contributed by atoms with Crippen LogP contribution in [0.25, 0.3) is 0 Å². The molecule has 0 aliphatic heterocycles. The molecule has 1 atom stereocenters. The van der Waals surface area contributed by atoms with Gasteiger partial charge in [0.05, 0.1) is 6.10 Å². The Morgan fingerprint density at radius 2 is 1.60 bits per heavy atom. The third kappa shape index (κ3) is 3.61. The van der Waals surface area contributed by atoms with Crippen molar-refractivity contribution in [2.45, 2.75) is 39.4 Å². The molecule has 0 bridgehead atoms. The molecule has 0 saturated heterocycles. The lowest BCUT2D eigenvalue weighted by Gasteiger charge is -2.15. The quantitative estimate of drug-likeness (QED) is 0.849. The molecular weight excluding hydrogens is 248 g/mol. The molecule has 106 valence electrons. The van der Waals surface area contributed by atoms with Crippen molar-refractivity contribution in [3.63, 3.8) is 0 Å². The third-order valence-corrected chi connectivity index (χ3v) is 3.49. The van der Waals surface area contributed by atoms with Crippen molar-refractivity contribution in [1.29, 1.82) is 0 Å². The van der Waals surface area contributed by atoms with Crippen LogP contribution in [0.15, 0.2) is 48.5 Å². The van der Waals surface area contributed by atoms with Crippen LogP contribution >= 0.6 is 0 Å². The molecule has 2 aromatic rings. The molecular formula is C18H22O2. The van der Waals surface area contributed by atoms with Crippen molar-refractivity contribution < 1.29 is 9.84 Å². The lowest BCUT2D eigenvalue weighted by atomic mass is 10.1. The zero-order valence-corrected chi connectivity index (χ0v) is 12.2. The summed E-state index contributed by atoms with van der Waals surface area (Å²) in [6.07, 6.45) is 1.27. The Kier molecular flexibility index (Phi) is 5.19. The highest BCUT2D eigenvalue weighted by Gasteiger charge is 2.10.